The van der Waals surface area contributed by atoms with E-state index >= 15 is 0 Å². The summed E-state index contributed by atoms with van der Waals surface area (Å²) in [5, 5.41) is 9.06. The molecule has 0 heterocycles. The largest absolute Gasteiger partial charge is 0.497 e. The minimum atomic E-state index is -0.936. The highest BCUT2D eigenvalue weighted by molar-refractivity contribution is 6.39. The van der Waals surface area contributed by atoms with Crippen LogP contribution in [0, 0.1) is 13.8 Å². The molecule has 0 saturated heterocycles. The van der Waals surface area contributed by atoms with Crippen molar-refractivity contribution in [2.75, 3.05) is 31.5 Å². The molecule has 0 fully saturated rings. The topological polar surface area (TPSA) is 127 Å². The number of amides is 3. The van der Waals surface area contributed by atoms with Crippen LogP contribution >= 0.6 is 0 Å². The maximum atomic E-state index is 12.3. The van der Waals surface area contributed by atoms with Gasteiger partial charge in [-0.2, -0.15) is 5.10 Å². The highest BCUT2D eigenvalue weighted by Gasteiger charge is 2.13. The molecule has 0 atom stereocenters. The van der Waals surface area contributed by atoms with Crippen LogP contribution < -0.4 is 30.3 Å². The first-order chi connectivity index (χ1) is 17.8. The summed E-state index contributed by atoms with van der Waals surface area (Å²) >= 11 is 0. The zero-order valence-electron chi connectivity index (χ0n) is 21.0. The molecule has 0 aliphatic heterocycles. The first kappa shape index (κ1) is 26.7. The summed E-state index contributed by atoms with van der Waals surface area (Å²) in [4.78, 5) is 36.3. The Balaban J connectivity index is 1.51. The summed E-state index contributed by atoms with van der Waals surface area (Å²) in [6.45, 7) is 3.76. The molecule has 3 N–H and O–H groups in total. The normalized spacial score (nSPS) is 10.5. The SMILES string of the molecule is COc1ccc(NC(=O)C(=O)N/N=C\c2ccc(OCC(=O)Nc3ccc(C)c(C)c3)c(OC)c2)cc1. The van der Waals surface area contributed by atoms with E-state index in [0.29, 0.717) is 34.2 Å². The van der Waals surface area contributed by atoms with Crippen LogP contribution in [0.25, 0.3) is 0 Å². The second kappa shape index (κ2) is 12.7. The zero-order valence-corrected chi connectivity index (χ0v) is 21.0. The van der Waals surface area contributed by atoms with E-state index in [-0.39, 0.29) is 12.5 Å². The number of carbonyl (C=O) groups excluding carboxylic acids is 3. The summed E-state index contributed by atoms with van der Waals surface area (Å²) in [6.07, 6.45) is 1.34. The Bertz CT molecular complexity index is 1300. The van der Waals surface area contributed by atoms with Gasteiger partial charge in [-0.1, -0.05) is 6.07 Å². The number of carbonyl (C=O) groups is 3. The van der Waals surface area contributed by atoms with Gasteiger partial charge < -0.3 is 24.8 Å². The van der Waals surface area contributed by atoms with Crippen LogP contribution in [0.15, 0.2) is 65.8 Å². The van der Waals surface area contributed by atoms with Crippen LogP contribution in [0.5, 0.6) is 17.2 Å². The molecule has 0 aliphatic carbocycles. The predicted octanol–water partition coefficient (Wildman–Crippen LogP) is 3.43. The first-order valence-electron chi connectivity index (χ1n) is 11.3. The molecule has 0 radical (unpaired) electrons. The van der Waals surface area contributed by atoms with E-state index in [2.05, 4.69) is 21.2 Å². The van der Waals surface area contributed by atoms with Crippen LogP contribution in [0.2, 0.25) is 0 Å². The number of hydrogen-bond acceptors (Lipinski definition) is 7. The lowest BCUT2D eigenvalue weighted by Gasteiger charge is -2.12. The standard InChI is InChI=1S/C27H28N4O6/c1-17-5-7-21(13-18(17)2)29-25(32)16-37-23-12-6-19(14-24(23)36-4)15-28-31-27(34)26(33)30-20-8-10-22(35-3)11-9-20/h5-15H,16H2,1-4H3,(H,29,32)(H,30,33)(H,31,34)/b28-15-. The van der Waals surface area contributed by atoms with Crippen molar-refractivity contribution in [3.05, 3.63) is 77.4 Å². The number of benzene rings is 3. The van der Waals surface area contributed by atoms with Crippen molar-refractivity contribution in [3.8, 4) is 17.2 Å². The molecule has 0 aromatic heterocycles. The van der Waals surface area contributed by atoms with Gasteiger partial charge in [0.2, 0.25) is 0 Å². The summed E-state index contributed by atoms with van der Waals surface area (Å²) < 4.78 is 16.0. The smallest absolute Gasteiger partial charge is 0.329 e. The lowest BCUT2D eigenvalue weighted by Crippen LogP contribution is -2.32. The molecule has 3 aromatic rings. The number of nitrogens with one attached hydrogen (secondary N) is 3. The minimum Gasteiger partial charge on any atom is -0.497 e. The van der Waals surface area contributed by atoms with Gasteiger partial charge in [-0.25, -0.2) is 5.43 Å². The summed E-state index contributed by atoms with van der Waals surface area (Å²) in [7, 11) is 2.99. The Labute approximate surface area is 214 Å². The average molecular weight is 505 g/mol. The number of methoxy groups -OCH3 is 2. The first-order valence-corrected chi connectivity index (χ1v) is 11.3. The maximum absolute atomic E-state index is 12.3. The van der Waals surface area contributed by atoms with Crippen molar-refractivity contribution in [3.63, 3.8) is 0 Å². The number of nitrogens with zero attached hydrogens (tertiary/aromatic N) is 1. The quantitative estimate of drug-likeness (QED) is 0.233. The predicted molar refractivity (Wildman–Crippen MR) is 140 cm³/mol. The molecule has 3 amide bonds. The fraction of sp³-hybridized carbons (Fsp3) is 0.185. The lowest BCUT2D eigenvalue weighted by molar-refractivity contribution is -0.136. The van der Waals surface area contributed by atoms with Gasteiger partial charge in [-0.3, -0.25) is 14.4 Å². The maximum Gasteiger partial charge on any atom is 0.329 e. The van der Waals surface area contributed by atoms with Crippen LogP contribution in [0.3, 0.4) is 0 Å². The van der Waals surface area contributed by atoms with Crippen LogP contribution in [0.4, 0.5) is 11.4 Å². The van der Waals surface area contributed by atoms with E-state index in [4.69, 9.17) is 14.2 Å². The molecule has 10 heteroatoms. The fourth-order valence-corrected chi connectivity index (χ4v) is 3.12. The van der Waals surface area contributed by atoms with E-state index in [9.17, 15) is 14.4 Å². The van der Waals surface area contributed by atoms with Gasteiger partial charge in [-0.05, 0) is 85.1 Å². The third-order valence-electron chi connectivity index (χ3n) is 5.27. The molecule has 0 bridgehead atoms. The van der Waals surface area contributed by atoms with Gasteiger partial charge >= 0.3 is 11.8 Å². The van der Waals surface area contributed by atoms with Gasteiger partial charge in [0.15, 0.2) is 18.1 Å². The Morgan fingerprint density at radius 2 is 1.51 bits per heavy atom. The van der Waals surface area contributed by atoms with Crippen LogP contribution in [-0.4, -0.2) is 44.8 Å². The summed E-state index contributed by atoms with van der Waals surface area (Å²) in [5.41, 5.74) is 6.08. The van der Waals surface area contributed by atoms with Crippen molar-refractivity contribution in [1.82, 2.24) is 5.43 Å². The van der Waals surface area contributed by atoms with E-state index in [1.54, 1.807) is 42.5 Å². The van der Waals surface area contributed by atoms with Crippen molar-refractivity contribution in [2.24, 2.45) is 5.10 Å². The summed E-state index contributed by atoms with van der Waals surface area (Å²) in [6, 6.07) is 17.1. The molecule has 3 aromatic carbocycles. The van der Waals surface area contributed by atoms with E-state index < -0.39 is 11.8 Å². The number of hydrazone groups is 1. The molecular formula is C27H28N4O6. The minimum absolute atomic E-state index is 0.212. The van der Waals surface area contributed by atoms with Crippen molar-refractivity contribution in [2.45, 2.75) is 13.8 Å². The van der Waals surface area contributed by atoms with Crippen molar-refractivity contribution in [1.29, 1.82) is 0 Å². The lowest BCUT2D eigenvalue weighted by atomic mass is 10.1. The third kappa shape index (κ3) is 7.82. The molecule has 3 rings (SSSR count). The highest BCUT2D eigenvalue weighted by atomic mass is 16.5. The number of rotatable bonds is 9. The zero-order chi connectivity index (χ0) is 26.8. The Morgan fingerprint density at radius 3 is 2.19 bits per heavy atom. The molecular weight excluding hydrogens is 476 g/mol. The second-order valence-electron chi connectivity index (χ2n) is 7.93. The van der Waals surface area contributed by atoms with E-state index in [1.807, 2.05) is 32.0 Å². The van der Waals surface area contributed by atoms with Gasteiger partial charge in [0.05, 0.1) is 20.4 Å². The summed E-state index contributed by atoms with van der Waals surface area (Å²) in [5.74, 6) is -0.771. The van der Waals surface area contributed by atoms with Gasteiger partial charge in [-0.15, -0.1) is 0 Å². The van der Waals surface area contributed by atoms with Crippen LogP contribution in [0.1, 0.15) is 16.7 Å². The Kier molecular flexibility index (Phi) is 9.20. The molecule has 10 nitrogen and oxygen atoms in total. The monoisotopic (exact) mass is 504 g/mol. The van der Waals surface area contributed by atoms with Gasteiger partial charge in [0, 0.05) is 11.4 Å². The molecule has 0 saturated carbocycles. The van der Waals surface area contributed by atoms with E-state index in [1.165, 1.54) is 20.4 Å². The Hall–Kier alpha value is -4.86. The van der Waals surface area contributed by atoms with Gasteiger partial charge in [0.1, 0.15) is 5.75 Å². The highest BCUT2D eigenvalue weighted by Crippen LogP contribution is 2.27. The molecule has 0 unspecified atom stereocenters. The van der Waals surface area contributed by atoms with Crippen molar-refractivity contribution >= 4 is 35.3 Å². The second-order valence-corrected chi connectivity index (χ2v) is 7.93. The number of ether oxygens (including phenoxy) is 3. The molecule has 192 valence electrons. The van der Waals surface area contributed by atoms with E-state index in [0.717, 1.165) is 11.1 Å². The molecule has 37 heavy (non-hydrogen) atoms. The number of hydrogen-bond donors (Lipinski definition) is 3. The fourth-order valence-electron chi connectivity index (χ4n) is 3.12. The Morgan fingerprint density at radius 1 is 0.784 bits per heavy atom. The van der Waals surface area contributed by atoms with Crippen LogP contribution in [-0.2, 0) is 14.4 Å². The molecule has 0 spiro atoms. The average Bonchev–Trinajstić information content (AvgIpc) is 2.90. The third-order valence-corrected chi connectivity index (χ3v) is 5.27. The number of anilines is 2. The van der Waals surface area contributed by atoms with Crippen molar-refractivity contribution < 1.29 is 28.6 Å². The molecule has 0 aliphatic rings. The van der Waals surface area contributed by atoms with Gasteiger partial charge in [0.25, 0.3) is 5.91 Å². The number of aryl methyl sites for hydroxylation is 2.